The van der Waals surface area contributed by atoms with Gasteiger partial charge in [-0.2, -0.15) is 0 Å². The van der Waals surface area contributed by atoms with Crippen LogP contribution < -0.4 is 15.4 Å². The fourth-order valence-corrected chi connectivity index (χ4v) is 2.69. The standard InChI is InChI=1S/C22H24N4O2/c1-15(2)28-20-12-8-7-11-18(20)24-22(27)19-13-14-21(26-25-19)23-16(3)17-9-5-4-6-10-17/h4-16H,1-3H3,(H,23,26)(H,24,27). The van der Waals surface area contributed by atoms with Crippen LogP contribution in [0.4, 0.5) is 11.5 Å². The van der Waals surface area contributed by atoms with Gasteiger partial charge < -0.3 is 15.4 Å². The Morgan fingerprint density at radius 1 is 0.893 bits per heavy atom. The van der Waals surface area contributed by atoms with Crippen LogP contribution in [-0.4, -0.2) is 22.2 Å². The largest absolute Gasteiger partial charge is 0.489 e. The molecule has 0 bridgehead atoms. The maximum atomic E-state index is 12.5. The van der Waals surface area contributed by atoms with Gasteiger partial charge in [-0.05, 0) is 50.6 Å². The van der Waals surface area contributed by atoms with Gasteiger partial charge in [0.05, 0.1) is 11.8 Å². The van der Waals surface area contributed by atoms with Crippen LogP contribution >= 0.6 is 0 Å². The highest BCUT2D eigenvalue weighted by Crippen LogP contribution is 2.25. The Balaban J connectivity index is 1.66. The number of nitrogens with zero attached hydrogens (tertiary/aromatic N) is 2. The van der Waals surface area contributed by atoms with Crippen molar-refractivity contribution in [3.8, 4) is 5.75 Å². The summed E-state index contributed by atoms with van der Waals surface area (Å²) in [5.74, 6) is 0.889. The minimum Gasteiger partial charge on any atom is -0.489 e. The molecule has 1 aromatic heterocycles. The monoisotopic (exact) mass is 376 g/mol. The average molecular weight is 376 g/mol. The van der Waals surface area contributed by atoms with Gasteiger partial charge in [-0.3, -0.25) is 4.79 Å². The van der Waals surface area contributed by atoms with E-state index in [1.807, 2.05) is 69.3 Å². The number of carbonyl (C=O) groups excluding carboxylic acids is 1. The SMILES string of the molecule is CC(C)Oc1ccccc1NC(=O)c1ccc(NC(C)c2ccccc2)nn1. The summed E-state index contributed by atoms with van der Waals surface area (Å²) in [6.07, 6.45) is 0.00908. The zero-order chi connectivity index (χ0) is 19.9. The van der Waals surface area contributed by atoms with Gasteiger partial charge in [-0.25, -0.2) is 0 Å². The van der Waals surface area contributed by atoms with Crippen LogP contribution in [0.2, 0.25) is 0 Å². The molecule has 6 heteroatoms. The maximum absolute atomic E-state index is 12.5. The summed E-state index contributed by atoms with van der Waals surface area (Å²) in [5, 5.41) is 14.3. The minimum atomic E-state index is -0.338. The number of anilines is 2. The van der Waals surface area contributed by atoms with E-state index in [1.54, 1.807) is 18.2 Å². The molecule has 0 aliphatic heterocycles. The number of ether oxygens (including phenoxy) is 1. The number of hydrogen-bond acceptors (Lipinski definition) is 5. The average Bonchev–Trinajstić information content (AvgIpc) is 2.70. The fraction of sp³-hybridized carbons (Fsp3) is 0.227. The van der Waals surface area contributed by atoms with E-state index in [4.69, 9.17) is 4.74 Å². The number of amides is 1. The predicted molar refractivity (Wildman–Crippen MR) is 111 cm³/mol. The third-order valence-corrected chi connectivity index (χ3v) is 4.06. The zero-order valence-corrected chi connectivity index (χ0v) is 16.2. The number of aromatic nitrogens is 2. The van der Waals surface area contributed by atoms with Crippen molar-refractivity contribution in [3.63, 3.8) is 0 Å². The highest BCUT2D eigenvalue weighted by Gasteiger charge is 2.13. The van der Waals surface area contributed by atoms with Crippen LogP contribution in [-0.2, 0) is 0 Å². The number of hydrogen-bond donors (Lipinski definition) is 2. The van der Waals surface area contributed by atoms with Crippen molar-refractivity contribution in [3.05, 3.63) is 78.0 Å². The lowest BCUT2D eigenvalue weighted by Crippen LogP contribution is -2.17. The molecule has 0 fully saturated rings. The smallest absolute Gasteiger partial charge is 0.276 e. The van der Waals surface area contributed by atoms with Crippen molar-refractivity contribution < 1.29 is 9.53 Å². The molecule has 0 aliphatic carbocycles. The fourth-order valence-electron chi connectivity index (χ4n) is 2.69. The highest BCUT2D eigenvalue weighted by atomic mass is 16.5. The molecular formula is C22H24N4O2. The van der Waals surface area contributed by atoms with Gasteiger partial charge in [0.25, 0.3) is 5.91 Å². The number of nitrogens with one attached hydrogen (secondary N) is 2. The first kappa shape index (κ1) is 19.4. The minimum absolute atomic E-state index is 0.00908. The quantitative estimate of drug-likeness (QED) is 0.626. The molecule has 28 heavy (non-hydrogen) atoms. The summed E-state index contributed by atoms with van der Waals surface area (Å²) < 4.78 is 5.73. The van der Waals surface area contributed by atoms with Crippen molar-refractivity contribution >= 4 is 17.4 Å². The first-order chi connectivity index (χ1) is 13.5. The Morgan fingerprint density at radius 2 is 1.61 bits per heavy atom. The molecule has 2 N–H and O–H groups in total. The molecule has 0 saturated carbocycles. The van der Waals surface area contributed by atoms with Crippen molar-refractivity contribution in [2.75, 3.05) is 10.6 Å². The molecule has 0 spiro atoms. The molecule has 1 atom stereocenters. The Bertz CT molecular complexity index is 911. The van der Waals surface area contributed by atoms with Crippen molar-refractivity contribution in [2.45, 2.75) is 32.9 Å². The van der Waals surface area contributed by atoms with Gasteiger partial charge in [0.15, 0.2) is 5.69 Å². The van der Waals surface area contributed by atoms with E-state index in [2.05, 4.69) is 20.8 Å². The normalized spacial score (nSPS) is 11.7. The summed E-state index contributed by atoms with van der Waals surface area (Å²) in [6.45, 7) is 5.92. The Morgan fingerprint density at radius 3 is 2.29 bits per heavy atom. The highest BCUT2D eigenvalue weighted by molar-refractivity contribution is 6.03. The van der Waals surface area contributed by atoms with Gasteiger partial charge in [0.1, 0.15) is 11.6 Å². The molecular weight excluding hydrogens is 352 g/mol. The third-order valence-electron chi connectivity index (χ3n) is 4.06. The molecule has 3 aromatic rings. The van der Waals surface area contributed by atoms with Crippen LogP contribution in [0.5, 0.6) is 5.75 Å². The molecule has 0 radical (unpaired) electrons. The van der Waals surface area contributed by atoms with Crippen molar-refractivity contribution in [2.24, 2.45) is 0 Å². The van der Waals surface area contributed by atoms with Gasteiger partial charge in [-0.15, -0.1) is 10.2 Å². The van der Waals surface area contributed by atoms with Crippen LogP contribution in [0.3, 0.4) is 0 Å². The first-order valence-electron chi connectivity index (χ1n) is 9.25. The molecule has 3 rings (SSSR count). The van der Waals surface area contributed by atoms with E-state index in [1.165, 1.54) is 0 Å². The number of carbonyl (C=O) groups is 1. The van der Waals surface area contributed by atoms with Gasteiger partial charge in [0.2, 0.25) is 0 Å². The summed E-state index contributed by atoms with van der Waals surface area (Å²) in [4.78, 5) is 12.5. The van der Waals surface area contributed by atoms with E-state index in [0.717, 1.165) is 5.56 Å². The Kier molecular flexibility index (Phi) is 6.22. The Hall–Kier alpha value is -3.41. The molecule has 1 unspecified atom stereocenters. The van der Waals surface area contributed by atoms with E-state index in [-0.39, 0.29) is 23.7 Å². The summed E-state index contributed by atoms with van der Waals surface area (Å²) in [5.41, 5.74) is 1.98. The van der Waals surface area contributed by atoms with Gasteiger partial charge in [0, 0.05) is 6.04 Å². The molecule has 1 heterocycles. The van der Waals surface area contributed by atoms with E-state index < -0.39 is 0 Å². The number of para-hydroxylation sites is 2. The van der Waals surface area contributed by atoms with E-state index in [0.29, 0.717) is 17.3 Å². The first-order valence-corrected chi connectivity index (χ1v) is 9.25. The summed E-state index contributed by atoms with van der Waals surface area (Å²) in [7, 11) is 0. The second-order valence-electron chi connectivity index (χ2n) is 6.70. The maximum Gasteiger partial charge on any atom is 0.276 e. The number of rotatable bonds is 7. The van der Waals surface area contributed by atoms with Gasteiger partial charge >= 0.3 is 0 Å². The molecule has 0 aliphatic rings. The second kappa shape index (κ2) is 8.99. The van der Waals surface area contributed by atoms with Crippen LogP contribution in [0.15, 0.2) is 66.7 Å². The topological polar surface area (TPSA) is 76.1 Å². The molecule has 0 saturated heterocycles. The summed E-state index contributed by atoms with van der Waals surface area (Å²) in [6, 6.07) is 20.8. The lowest BCUT2D eigenvalue weighted by Gasteiger charge is -2.15. The Labute approximate surface area is 165 Å². The molecule has 2 aromatic carbocycles. The zero-order valence-electron chi connectivity index (χ0n) is 16.2. The van der Waals surface area contributed by atoms with Crippen molar-refractivity contribution in [1.29, 1.82) is 0 Å². The molecule has 6 nitrogen and oxygen atoms in total. The lowest BCUT2D eigenvalue weighted by atomic mass is 10.1. The van der Waals surface area contributed by atoms with Crippen LogP contribution in [0, 0.1) is 0 Å². The van der Waals surface area contributed by atoms with Crippen LogP contribution in [0.1, 0.15) is 42.9 Å². The lowest BCUT2D eigenvalue weighted by molar-refractivity contribution is 0.102. The van der Waals surface area contributed by atoms with E-state index >= 15 is 0 Å². The third kappa shape index (κ3) is 5.07. The van der Waals surface area contributed by atoms with Gasteiger partial charge in [-0.1, -0.05) is 42.5 Å². The number of benzene rings is 2. The summed E-state index contributed by atoms with van der Waals surface area (Å²) >= 11 is 0. The molecule has 1 amide bonds. The van der Waals surface area contributed by atoms with Crippen molar-refractivity contribution in [1.82, 2.24) is 10.2 Å². The van der Waals surface area contributed by atoms with Crippen LogP contribution in [0.25, 0.3) is 0 Å². The molecule has 144 valence electrons. The second-order valence-corrected chi connectivity index (χ2v) is 6.70. The predicted octanol–water partition coefficient (Wildman–Crippen LogP) is 4.69. The van der Waals surface area contributed by atoms with E-state index in [9.17, 15) is 4.79 Å².